The molecule has 21 heteroatoms. The van der Waals surface area contributed by atoms with Crippen LogP contribution in [0.3, 0.4) is 0 Å². The summed E-state index contributed by atoms with van der Waals surface area (Å²) in [4.78, 5) is 0. The SMILES string of the molecule is COCCOCCCC1(CCCOCCOCCOCCOCCOCCOCCOCCOCCOCCOCCOCCOC)c2cc(B3OC(C)(C)C(C)(C)O3)ccc2-c2ccc(-c3cc(F)c(-c4ccc(OCCCCN)cc4)cc3F)cc21. The molecule has 2 aliphatic rings. The molecule has 1 heterocycles. The minimum atomic E-state index is -0.579. The molecule has 492 valence electrons. The standard InChI is InChI=1S/C67H100BF2NO17/c1-65(2)66(3,4)88-68(87-65)55-14-18-58-57-17-13-54(60-52-63(69)59(51-64(60)70)53-11-15-56(16-12-53)86-24-8-7-21-71)49-61(57)67(62(58)50-55,19-9-22-74-27-25-72-5)20-10-23-75-29-30-77-33-34-79-37-38-81-41-42-83-45-46-85-48-47-84-44-43-82-40-39-80-36-35-78-32-31-76-28-26-73-6/h11-18,49-52H,7-10,19-48,71H2,1-6H3. The van der Waals surface area contributed by atoms with Gasteiger partial charge in [-0.3, -0.25) is 0 Å². The summed E-state index contributed by atoms with van der Waals surface area (Å²) < 4.78 is 130. The van der Waals surface area contributed by atoms with E-state index in [4.69, 9.17) is 86.1 Å². The topological polar surface area (TPSA) is 183 Å². The zero-order valence-electron chi connectivity index (χ0n) is 53.3. The van der Waals surface area contributed by atoms with Gasteiger partial charge in [0.15, 0.2) is 0 Å². The van der Waals surface area contributed by atoms with E-state index in [-0.39, 0.29) is 11.1 Å². The average molecular weight is 1240 g/mol. The second kappa shape index (κ2) is 41.4. The molecule has 4 aromatic rings. The molecule has 88 heavy (non-hydrogen) atoms. The van der Waals surface area contributed by atoms with Gasteiger partial charge < -0.3 is 86.1 Å². The van der Waals surface area contributed by atoms with Gasteiger partial charge in [-0.25, -0.2) is 8.78 Å². The highest BCUT2D eigenvalue weighted by atomic mass is 19.1. The lowest BCUT2D eigenvalue weighted by Gasteiger charge is -2.33. The Morgan fingerprint density at radius 1 is 0.375 bits per heavy atom. The van der Waals surface area contributed by atoms with Crippen molar-refractivity contribution >= 4 is 12.6 Å². The number of methoxy groups -OCH3 is 2. The average Bonchev–Trinajstić information content (AvgIpc) is 1.72. The molecule has 0 bridgehead atoms. The molecule has 0 spiro atoms. The molecule has 0 aromatic heterocycles. The zero-order valence-corrected chi connectivity index (χ0v) is 53.3. The fourth-order valence-corrected chi connectivity index (χ4v) is 10.3. The quantitative estimate of drug-likeness (QED) is 0.0326. The molecule has 0 saturated carbocycles. The first-order chi connectivity index (χ1) is 42.9. The number of ether oxygens (including phenoxy) is 15. The van der Waals surface area contributed by atoms with Crippen LogP contribution in [0.4, 0.5) is 8.78 Å². The predicted molar refractivity (Wildman–Crippen MR) is 335 cm³/mol. The first-order valence-electron chi connectivity index (χ1n) is 31.4. The third kappa shape index (κ3) is 24.2. The summed E-state index contributed by atoms with van der Waals surface area (Å²) in [7, 11) is 2.72. The first-order valence-corrected chi connectivity index (χ1v) is 31.4. The molecule has 1 aliphatic carbocycles. The van der Waals surface area contributed by atoms with E-state index in [1.807, 2.05) is 6.07 Å². The lowest BCUT2D eigenvalue weighted by Crippen LogP contribution is -2.41. The lowest BCUT2D eigenvalue weighted by molar-refractivity contribution is -0.0280. The van der Waals surface area contributed by atoms with Crippen LogP contribution in [0.5, 0.6) is 5.75 Å². The van der Waals surface area contributed by atoms with Crippen molar-refractivity contribution in [3.8, 4) is 39.1 Å². The van der Waals surface area contributed by atoms with Gasteiger partial charge in [0.05, 0.1) is 176 Å². The minimum absolute atomic E-state index is 0.173. The van der Waals surface area contributed by atoms with Gasteiger partial charge in [-0.05, 0) is 142 Å². The predicted octanol–water partition coefficient (Wildman–Crippen LogP) is 9.03. The van der Waals surface area contributed by atoms with Gasteiger partial charge >= 0.3 is 7.12 Å². The summed E-state index contributed by atoms with van der Waals surface area (Å²) in [5, 5.41) is 0. The third-order valence-corrected chi connectivity index (χ3v) is 15.7. The number of halogens is 2. The Bertz CT molecular complexity index is 2510. The molecule has 1 unspecified atom stereocenters. The molecule has 1 atom stereocenters. The Labute approximate surface area is 522 Å². The molecule has 6 rings (SSSR count). The van der Waals surface area contributed by atoms with Crippen LogP contribution in [-0.4, -0.2) is 217 Å². The van der Waals surface area contributed by atoms with E-state index in [1.54, 1.807) is 38.5 Å². The van der Waals surface area contributed by atoms with Gasteiger partial charge in [-0.2, -0.15) is 0 Å². The van der Waals surface area contributed by atoms with Crippen molar-refractivity contribution in [3.63, 3.8) is 0 Å². The van der Waals surface area contributed by atoms with Crippen molar-refractivity contribution in [3.05, 3.63) is 95.6 Å². The molecular formula is C67H100BF2NO17. The maximum absolute atomic E-state index is 16.5. The van der Waals surface area contributed by atoms with Gasteiger partial charge in [-0.15, -0.1) is 0 Å². The number of hydrogen-bond acceptors (Lipinski definition) is 18. The molecule has 1 aliphatic heterocycles. The van der Waals surface area contributed by atoms with Crippen LogP contribution >= 0.6 is 0 Å². The van der Waals surface area contributed by atoms with E-state index in [9.17, 15) is 0 Å². The second-order valence-corrected chi connectivity index (χ2v) is 22.5. The Morgan fingerprint density at radius 2 is 0.727 bits per heavy atom. The Balaban J connectivity index is 0.913. The number of unbranched alkanes of at least 4 members (excludes halogenated alkanes) is 1. The van der Waals surface area contributed by atoms with E-state index in [1.165, 1.54) is 12.1 Å². The van der Waals surface area contributed by atoms with Crippen LogP contribution < -0.4 is 15.9 Å². The summed E-state index contributed by atoms with van der Waals surface area (Å²) in [6.07, 6.45) is 4.57. The number of benzene rings is 4. The summed E-state index contributed by atoms with van der Waals surface area (Å²) in [6, 6.07) is 22.1. The van der Waals surface area contributed by atoms with Crippen LogP contribution in [0, 0.1) is 11.6 Å². The fraction of sp³-hybridized carbons (Fsp3) is 0.642. The lowest BCUT2D eigenvalue weighted by atomic mass is 9.69. The van der Waals surface area contributed by atoms with Crippen molar-refractivity contribution in [2.75, 3.05) is 199 Å². The van der Waals surface area contributed by atoms with Crippen molar-refractivity contribution in [1.29, 1.82) is 0 Å². The smallest absolute Gasteiger partial charge is 0.494 e. The highest BCUT2D eigenvalue weighted by molar-refractivity contribution is 6.62. The van der Waals surface area contributed by atoms with Crippen LogP contribution in [0.15, 0.2) is 72.8 Å². The van der Waals surface area contributed by atoms with Gasteiger partial charge in [0, 0.05) is 44.0 Å². The van der Waals surface area contributed by atoms with Crippen molar-refractivity contribution < 1.29 is 89.1 Å². The van der Waals surface area contributed by atoms with Crippen LogP contribution in [0.2, 0.25) is 0 Å². The van der Waals surface area contributed by atoms with E-state index in [0.717, 1.165) is 53.4 Å². The van der Waals surface area contributed by atoms with E-state index in [0.29, 0.717) is 215 Å². The molecule has 18 nitrogen and oxygen atoms in total. The molecule has 1 saturated heterocycles. The molecule has 0 radical (unpaired) electrons. The van der Waals surface area contributed by atoms with E-state index < -0.39 is 35.4 Å². The Hall–Kier alpha value is -4.08. The number of fused-ring (bicyclic) bond motifs is 3. The maximum Gasteiger partial charge on any atom is 0.494 e. The minimum Gasteiger partial charge on any atom is -0.494 e. The maximum atomic E-state index is 16.5. The number of nitrogens with two attached hydrogens (primary N) is 1. The van der Waals surface area contributed by atoms with Crippen LogP contribution in [0.25, 0.3) is 33.4 Å². The van der Waals surface area contributed by atoms with E-state index >= 15 is 8.78 Å². The summed E-state index contributed by atoms with van der Waals surface area (Å²) in [5.74, 6) is -0.383. The number of rotatable bonds is 52. The molecule has 0 amide bonds. The van der Waals surface area contributed by atoms with Crippen molar-refractivity contribution in [2.45, 2.75) is 82.8 Å². The highest BCUT2D eigenvalue weighted by Gasteiger charge is 2.52. The third-order valence-electron chi connectivity index (χ3n) is 15.7. The molecule has 4 aromatic carbocycles. The monoisotopic (exact) mass is 1240 g/mol. The zero-order chi connectivity index (χ0) is 62.6. The Kier molecular flexibility index (Phi) is 34.3. The first kappa shape index (κ1) is 73.0. The highest BCUT2D eigenvalue weighted by Crippen LogP contribution is 2.55. The summed E-state index contributed by atoms with van der Waals surface area (Å²) in [5.41, 5.74) is 10.7. The fourth-order valence-electron chi connectivity index (χ4n) is 10.3. The number of hydrogen-bond donors (Lipinski definition) is 1. The van der Waals surface area contributed by atoms with Crippen LogP contribution in [-0.2, 0) is 81.0 Å². The van der Waals surface area contributed by atoms with Crippen LogP contribution in [0.1, 0.15) is 77.3 Å². The second-order valence-electron chi connectivity index (χ2n) is 22.5. The Morgan fingerprint density at radius 3 is 1.12 bits per heavy atom. The summed E-state index contributed by atoms with van der Waals surface area (Å²) in [6.45, 7) is 21.9. The largest absolute Gasteiger partial charge is 0.494 e. The molecule has 1 fully saturated rings. The normalized spacial score (nSPS) is 15.8. The van der Waals surface area contributed by atoms with Gasteiger partial charge in [-0.1, -0.05) is 42.5 Å². The molecule has 2 N–H and O–H groups in total. The van der Waals surface area contributed by atoms with Gasteiger partial charge in [0.25, 0.3) is 0 Å². The van der Waals surface area contributed by atoms with Crippen molar-refractivity contribution in [2.24, 2.45) is 5.73 Å². The summed E-state index contributed by atoms with van der Waals surface area (Å²) >= 11 is 0. The van der Waals surface area contributed by atoms with Crippen molar-refractivity contribution in [1.82, 2.24) is 0 Å². The van der Waals surface area contributed by atoms with E-state index in [2.05, 4.69) is 58.0 Å². The molecular weight excluding hydrogens is 1140 g/mol. The van der Waals surface area contributed by atoms with Gasteiger partial charge in [0.1, 0.15) is 17.4 Å². The van der Waals surface area contributed by atoms with Gasteiger partial charge in [0.2, 0.25) is 0 Å².